The van der Waals surface area contributed by atoms with Gasteiger partial charge in [0, 0.05) is 32.2 Å². The normalized spacial score (nSPS) is 14.5. The summed E-state index contributed by atoms with van der Waals surface area (Å²) in [6.07, 6.45) is 5.69. The van der Waals surface area contributed by atoms with Crippen molar-refractivity contribution < 1.29 is 24.2 Å². The number of unbranched alkanes of at least 4 members (excludes halogenated alkanes) is 1. The fraction of sp³-hybridized carbons (Fsp3) is 0.667. The Balaban J connectivity index is 0.0000144. The standard InChI is InChI=1S/C30H51N3O5.ClH/c1-7-8-15-32-30(36)25(22(4)5)19-27(34)26(31)18-23(21(2)3)20-33-29(35)24-13-9-10-14-28(24)38-17-12-11-16-37-6;/h9-14,21-23,25-27,34H,7-8,15-20,31H2,1-6H3,(H,32,36)(H,33,35);1H/t23-,25+,26+,27+;/m1./s1. The number of hydrogen-bond acceptors (Lipinski definition) is 6. The van der Waals surface area contributed by atoms with E-state index in [2.05, 4.69) is 31.4 Å². The Morgan fingerprint density at radius 1 is 1.03 bits per heavy atom. The number of aliphatic hydroxyl groups excluding tert-OH is 1. The molecule has 8 nitrogen and oxygen atoms in total. The van der Waals surface area contributed by atoms with Crippen molar-refractivity contribution in [1.29, 1.82) is 0 Å². The van der Waals surface area contributed by atoms with E-state index < -0.39 is 12.1 Å². The van der Waals surface area contributed by atoms with Crippen LogP contribution in [-0.2, 0) is 9.53 Å². The molecule has 2 amide bonds. The number of carbonyl (C=O) groups is 2. The third-order valence-electron chi connectivity index (χ3n) is 6.90. The van der Waals surface area contributed by atoms with Crippen molar-refractivity contribution in [3.8, 4) is 5.75 Å². The molecule has 0 aliphatic rings. The Kier molecular flexibility index (Phi) is 19.6. The highest BCUT2D eigenvalue weighted by Gasteiger charge is 2.29. The zero-order valence-corrected chi connectivity index (χ0v) is 25.5. The van der Waals surface area contributed by atoms with Crippen LogP contribution in [0.2, 0.25) is 0 Å². The fourth-order valence-corrected chi connectivity index (χ4v) is 4.20. The third-order valence-corrected chi connectivity index (χ3v) is 6.90. The summed E-state index contributed by atoms with van der Waals surface area (Å²) < 4.78 is 10.8. The molecule has 0 spiro atoms. The summed E-state index contributed by atoms with van der Waals surface area (Å²) >= 11 is 0. The summed E-state index contributed by atoms with van der Waals surface area (Å²) in [5, 5.41) is 16.9. The highest BCUT2D eigenvalue weighted by atomic mass is 35.5. The first-order valence-electron chi connectivity index (χ1n) is 14.0. The minimum absolute atomic E-state index is 0. The predicted octanol–water partition coefficient (Wildman–Crippen LogP) is 4.35. The van der Waals surface area contributed by atoms with Gasteiger partial charge in [0.15, 0.2) is 0 Å². The molecule has 0 unspecified atom stereocenters. The Hall–Kier alpha value is -2.13. The average Bonchev–Trinajstić information content (AvgIpc) is 2.88. The lowest BCUT2D eigenvalue weighted by Crippen LogP contribution is -2.44. The van der Waals surface area contributed by atoms with Crippen LogP contribution in [0.5, 0.6) is 5.75 Å². The molecule has 5 N–H and O–H groups in total. The lowest BCUT2D eigenvalue weighted by atomic mass is 9.83. The molecule has 0 aliphatic heterocycles. The van der Waals surface area contributed by atoms with Crippen molar-refractivity contribution in [2.45, 2.75) is 72.4 Å². The van der Waals surface area contributed by atoms with E-state index in [-0.39, 0.29) is 47.9 Å². The lowest BCUT2D eigenvalue weighted by Gasteiger charge is -2.30. The van der Waals surface area contributed by atoms with Gasteiger partial charge in [-0.05, 0) is 55.2 Å². The van der Waals surface area contributed by atoms with Crippen LogP contribution in [-0.4, -0.2) is 62.5 Å². The number of ether oxygens (including phenoxy) is 2. The number of nitrogens with two attached hydrogens (primary N) is 1. The van der Waals surface area contributed by atoms with Crippen molar-refractivity contribution in [3.05, 3.63) is 42.0 Å². The molecule has 224 valence electrons. The van der Waals surface area contributed by atoms with Gasteiger partial charge in [-0.3, -0.25) is 9.59 Å². The maximum Gasteiger partial charge on any atom is 0.255 e. The number of halogens is 1. The van der Waals surface area contributed by atoms with Gasteiger partial charge in [-0.2, -0.15) is 0 Å². The number of para-hydroxylation sites is 1. The summed E-state index contributed by atoms with van der Waals surface area (Å²) in [6, 6.07) is 6.64. The van der Waals surface area contributed by atoms with Crippen LogP contribution >= 0.6 is 12.4 Å². The SMILES string of the molecule is CCCCNC(=O)[C@@H](C[C@H](O)[C@@H](N)C[C@H](CNC(=O)c1ccccc1OCC=CCOC)C(C)C)C(C)C.Cl. The molecule has 1 rings (SSSR count). The molecule has 0 aromatic heterocycles. The van der Waals surface area contributed by atoms with E-state index in [9.17, 15) is 14.7 Å². The second kappa shape index (κ2) is 20.7. The van der Waals surface area contributed by atoms with Crippen LogP contribution in [0, 0.1) is 23.7 Å². The molecule has 39 heavy (non-hydrogen) atoms. The Bertz CT molecular complexity index is 850. The van der Waals surface area contributed by atoms with Crippen LogP contribution in [0.4, 0.5) is 0 Å². The molecule has 0 fully saturated rings. The number of methoxy groups -OCH3 is 1. The number of rotatable bonds is 19. The highest BCUT2D eigenvalue weighted by Crippen LogP contribution is 2.24. The van der Waals surface area contributed by atoms with Gasteiger partial charge in [0.05, 0.1) is 18.3 Å². The lowest BCUT2D eigenvalue weighted by molar-refractivity contribution is -0.127. The van der Waals surface area contributed by atoms with Gasteiger partial charge in [-0.25, -0.2) is 0 Å². The van der Waals surface area contributed by atoms with Gasteiger partial charge in [-0.15, -0.1) is 12.4 Å². The molecule has 0 aliphatic carbocycles. The molecular formula is C30H52ClN3O5. The minimum Gasteiger partial charge on any atom is -0.489 e. The summed E-state index contributed by atoms with van der Waals surface area (Å²) in [4.78, 5) is 25.7. The maximum absolute atomic E-state index is 13.0. The summed E-state index contributed by atoms with van der Waals surface area (Å²) in [5.74, 6) is 0.362. The van der Waals surface area contributed by atoms with Gasteiger partial charge in [0.2, 0.25) is 5.91 Å². The quantitative estimate of drug-likeness (QED) is 0.145. The summed E-state index contributed by atoms with van der Waals surface area (Å²) in [6.45, 7) is 12.1. The first-order chi connectivity index (χ1) is 18.1. The fourth-order valence-electron chi connectivity index (χ4n) is 4.20. The van der Waals surface area contributed by atoms with E-state index in [1.807, 2.05) is 32.1 Å². The van der Waals surface area contributed by atoms with Crippen LogP contribution in [0.25, 0.3) is 0 Å². The van der Waals surface area contributed by atoms with Crippen LogP contribution in [0.1, 0.15) is 70.7 Å². The number of aliphatic hydroxyl groups is 1. The van der Waals surface area contributed by atoms with E-state index >= 15 is 0 Å². The average molecular weight is 570 g/mol. The molecular weight excluding hydrogens is 518 g/mol. The number of carbonyl (C=O) groups excluding carboxylic acids is 2. The van der Waals surface area contributed by atoms with Crippen molar-refractivity contribution in [2.24, 2.45) is 29.4 Å². The molecule has 0 heterocycles. The van der Waals surface area contributed by atoms with Crippen molar-refractivity contribution >= 4 is 24.2 Å². The van der Waals surface area contributed by atoms with Crippen molar-refractivity contribution in [2.75, 3.05) is 33.4 Å². The van der Waals surface area contributed by atoms with Gasteiger partial charge < -0.3 is 30.9 Å². The van der Waals surface area contributed by atoms with E-state index in [1.165, 1.54) is 0 Å². The molecule has 0 bridgehead atoms. The van der Waals surface area contributed by atoms with E-state index in [1.54, 1.807) is 25.3 Å². The molecule has 9 heteroatoms. The molecule has 1 aromatic rings. The van der Waals surface area contributed by atoms with Crippen molar-refractivity contribution in [1.82, 2.24) is 10.6 Å². The topological polar surface area (TPSA) is 123 Å². The van der Waals surface area contributed by atoms with Gasteiger partial charge in [0.25, 0.3) is 5.91 Å². The molecule has 1 aromatic carbocycles. The Labute approximate surface area is 241 Å². The molecule has 0 saturated heterocycles. The van der Waals surface area contributed by atoms with Gasteiger partial charge in [-0.1, -0.05) is 59.2 Å². The van der Waals surface area contributed by atoms with E-state index in [0.29, 0.717) is 50.5 Å². The highest BCUT2D eigenvalue weighted by molar-refractivity contribution is 5.96. The number of hydrogen-bond donors (Lipinski definition) is 4. The van der Waals surface area contributed by atoms with Gasteiger partial charge >= 0.3 is 0 Å². The summed E-state index contributed by atoms with van der Waals surface area (Å²) in [5.41, 5.74) is 6.89. The Morgan fingerprint density at radius 2 is 1.69 bits per heavy atom. The summed E-state index contributed by atoms with van der Waals surface area (Å²) in [7, 11) is 1.62. The molecule has 0 radical (unpaired) electrons. The second-order valence-electron chi connectivity index (χ2n) is 10.6. The van der Waals surface area contributed by atoms with Crippen LogP contribution in [0.3, 0.4) is 0 Å². The number of amides is 2. The van der Waals surface area contributed by atoms with Crippen LogP contribution < -0.4 is 21.1 Å². The van der Waals surface area contributed by atoms with Gasteiger partial charge in [0.1, 0.15) is 12.4 Å². The molecule has 4 atom stereocenters. The largest absolute Gasteiger partial charge is 0.489 e. The number of nitrogens with one attached hydrogen (secondary N) is 2. The zero-order chi connectivity index (χ0) is 28.5. The first-order valence-corrected chi connectivity index (χ1v) is 14.0. The van der Waals surface area contributed by atoms with Crippen LogP contribution in [0.15, 0.2) is 36.4 Å². The minimum atomic E-state index is -0.809. The maximum atomic E-state index is 13.0. The zero-order valence-electron chi connectivity index (χ0n) is 24.7. The van der Waals surface area contributed by atoms with E-state index in [4.69, 9.17) is 15.2 Å². The number of benzene rings is 1. The monoisotopic (exact) mass is 569 g/mol. The Morgan fingerprint density at radius 3 is 2.31 bits per heavy atom. The first kappa shape index (κ1) is 36.9. The smallest absolute Gasteiger partial charge is 0.255 e. The van der Waals surface area contributed by atoms with E-state index in [0.717, 1.165) is 12.8 Å². The third kappa shape index (κ3) is 14.2. The van der Waals surface area contributed by atoms with Crippen molar-refractivity contribution in [3.63, 3.8) is 0 Å². The predicted molar refractivity (Wildman–Crippen MR) is 160 cm³/mol. The second-order valence-corrected chi connectivity index (χ2v) is 10.6. The molecule has 0 saturated carbocycles.